The van der Waals surface area contributed by atoms with Crippen molar-refractivity contribution >= 4 is 11.9 Å². The van der Waals surface area contributed by atoms with E-state index in [2.05, 4.69) is 11.4 Å². The van der Waals surface area contributed by atoms with Crippen molar-refractivity contribution in [2.45, 2.75) is 24.8 Å². The first-order valence-electron chi connectivity index (χ1n) is 6.24. The molecule has 2 aliphatic rings. The molecule has 5 heteroatoms. The van der Waals surface area contributed by atoms with E-state index in [0.717, 1.165) is 16.9 Å². The van der Waals surface area contributed by atoms with Crippen LogP contribution in [0.25, 0.3) is 0 Å². The Morgan fingerprint density at radius 2 is 2.05 bits per heavy atom. The molecule has 3 rings (SSSR count). The molecule has 3 amide bonds. The number of hydrogen-bond donors (Lipinski definition) is 1. The number of carbonyl (C=O) groups excluding carboxylic acids is 2. The first-order chi connectivity index (χ1) is 9.16. The number of carbonyl (C=O) groups is 2. The summed E-state index contributed by atoms with van der Waals surface area (Å²) in [6, 6.07) is 9.36. The fraction of sp³-hybridized carbons (Fsp3) is 0.357. The molecule has 0 aromatic heterocycles. The Morgan fingerprint density at radius 1 is 1.32 bits per heavy atom. The molecule has 1 atom stereocenters. The standard InChI is InChI=1S/C14H13N3O2/c15-7-8-17-12(18)14(16-13(17)19)6-5-10-3-1-2-4-11(10)9-14/h1-4H,5-6,8-9H2,(H,16,19). The molecule has 0 radical (unpaired) electrons. The zero-order chi connectivity index (χ0) is 13.5. The number of fused-ring (bicyclic) bond motifs is 1. The van der Waals surface area contributed by atoms with E-state index in [4.69, 9.17) is 5.26 Å². The van der Waals surface area contributed by atoms with Gasteiger partial charge >= 0.3 is 6.03 Å². The summed E-state index contributed by atoms with van der Waals surface area (Å²) in [4.78, 5) is 25.2. The lowest BCUT2D eigenvalue weighted by Gasteiger charge is -2.32. The van der Waals surface area contributed by atoms with Crippen LogP contribution in [0, 0.1) is 11.3 Å². The fourth-order valence-electron chi connectivity index (χ4n) is 2.92. The molecule has 1 spiro atoms. The summed E-state index contributed by atoms with van der Waals surface area (Å²) >= 11 is 0. The van der Waals surface area contributed by atoms with E-state index >= 15 is 0 Å². The fourth-order valence-corrected chi connectivity index (χ4v) is 2.92. The molecule has 1 aliphatic heterocycles. The lowest BCUT2D eigenvalue weighted by molar-refractivity contribution is -0.131. The minimum atomic E-state index is -0.845. The maximum atomic E-state index is 12.4. The number of nitrogens with zero attached hydrogens (tertiary/aromatic N) is 2. The molecular weight excluding hydrogens is 242 g/mol. The third-order valence-corrected chi connectivity index (χ3v) is 3.91. The minimum absolute atomic E-state index is 0.186. The summed E-state index contributed by atoms with van der Waals surface area (Å²) in [7, 11) is 0. The average Bonchev–Trinajstić information content (AvgIpc) is 2.64. The quantitative estimate of drug-likeness (QED) is 0.600. The molecule has 0 saturated carbocycles. The smallest absolute Gasteiger partial charge is 0.323 e. The highest BCUT2D eigenvalue weighted by Gasteiger charge is 2.52. The predicted molar refractivity (Wildman–Crippen MR) is 67.1 cm³/mol. The van der Waals surface area contributed by atoms with Gasteiger partial charge in [-0.2, -0.15) is 5.26 Å². The van der Waals surface area contributed by atoms with Gasteiger partial charge in [0.25, 0.3) is 5.91 Å². The minimum Gasteiger partial charge on any atom is -0.323 e. The Labute approximate surface area is 110 Å². The summed E-state index contributed by atoms with van der Waals surface area (Å²) in [6.07, 6.45) is 1.87. The van der Waals surface area contributed by atoms with E-state index in [1.807, 2.05) is 24.3 Å². The van der Waals surface area contributed by atoms with Gasteiger partial charge < -0.3 is 5.32 Å². The zero-order valence-electron chi connectivity index (χ0n) is 10.3. The summed E-state index contributed by atoms with van der Waals surface area (Å²) in [5.41, 5.74) is 1.48. The van der Waals surface area contributed by atoms with Crippen LogP contribution in [0.5, 0.6) is 0 Å². The molecule has 1 heterocycles. The van der Waals surface area contributed by atoms with Crippen LogP contribution in [0.3, 0.4) is 0 Å². The molecule has 1 N–H and O–H groups in total. The Balaban J connectivity index is 1.93. The van der Waals surface area contributed by atoms with Gasteiger partial charge in [0.1, 0.15) is 12.1 Å². The average molecular weight is 255 g/mol. The van der Waals surface area contributed by atoms with Crippen molar-refractivity contribution in [2.75, 3.05) is 6.54 Å². The van der Waals surface area contributed by atoms with Crippen molar-refractivity contribution in [3.8, 4) is 6.07 Å². The second-order valence-electron chi connectivity index (χ2n) is 5.01. The largest absolute Gasteiger partial charge is 0.325 e. The van der Waals surface area contributed by atoms with E-state index in [-0.39, 0.29) is 12.5 Å². The van der Waals surface area contributed by atoms with Gasteiger partial charge in [-0.25, -0.2) is 9.69 Å². The molecule has 1 aromatic carbocycles. The van der Waals surface area contributed by atoms with Gasteiger partial charge in [-0.1, -0.05) is 24.3 Å². The molecule has 1 aliphatic carbocycles. The highest BCUT2D eigenvalue weighted by Crippen LogP contribution is 2.33. The Morgan fingerprint density at radius 3 is 2.79 bits per heavy atom. The van der Waals surface area contributed by atoms with Crippen molar-refractivity contribution in [3.05, 3.63) is 35.4 Å². The van der Waals surface area contributed by atoms with Crippen molar-refractivity contribution in [3.63, 3.8) is 0 Å². The van der Waals surface area contributed by atoms with E-state index in [9.17, 15) is 9.59 Å². The van der Waals surface area contributed by atoms with Crippen LogP contribution in [0.1, 0.15) is 17.5 Å². The third kappa shape index (κ3) is 1.68. The molecule has 1 aromatic rings. The number of nitriles is 1. The maximum absolute atomic E-state index is 12.4. The summed E-state index contributed by atoms with van der Waals surface area (Å²) < 4.78 is 0. The first-order valence-corrected chi connectivity index (χ1v) is 6.24. The summed E-state index contributed by atoms with van der Waals surface area (Å²) in [5, 5.41) is 11.5. The SMILES string of the molecule is N#CCN1C(=O)NC2(CCc3ccccc3C2)C1=O. The van der Waals surface area contributed by atoms with Crippen LogP contribution in [0.2, 0.25) is 0 Å². The Hall–Kier alpha value is -2.35. The molecular formula is C14H13N3O2. The van der Waals surface area contributed by atoms with Crippen molar-refractivity contribution in [2.24, 2.45) is 0 Å². The highest BCUT2D eigenvalue weighted by molar-refractivity contribution is 6.07. The third-order valence-electron chi connectivity index (χ3n) is 3.91. The van der Waals surface area contributed by atoms with Gasteiger partial charge in [0.05, 0.1) is 6.07 Å². The molecule has 1 fully saturated rings. The van der Waals surface area contributed by atoms with Crippen LogP contribution in [-0.4, -0.2) is 28.9 Å². The molecule has 1 saturated heterocycles. The summed E-state index contributed by atoms with van der Waals surface area (Å²) in [6.45, 7) is -0.186. The van der Waals surface area contributed by atoms with E-state index in [1.165, 1.54) is 5.56 Å². The lowest BCUT2D eigenvalue weighted by atomic mass is 9.78. The second-order valence-corrected chi connectivity index (χ2v) is 5.01. The van der Waals surface area contributed by atoms with Gasteiger partial charge in [-0.3, -0.25) is 4.79 Å². The molecule has 1 unspecified atom stereocenters. The number of imide groups is 1. The topological polar surface area (TPSA) is 73.2 Å². The summed E-state index contributed by atoms with van der Waals surface area (Å²) in [5.74, 6) is -0.270. The monoisotopic (exact) mass is 255 g/mol. The van der Waals surface area contributed by atoms with Crippen molar-refractivity contribution < 1.29 is 9.59 Å². The van der Waals surface area contributed by atoms with Gasteiger partial charge in [-0.15, -0.1) is 0 Å². The van der Waals surface area contributed by atoms with E-state index < -0.39 is 11.6 Å². The molecule has 19 heavy (non-hydrogen) atoms. The number of nitrogens with one attached hydrogen (secondary N) is 1. The van der Waals surface area contributed by atoms with Crippen LogP contribution in [-0.2, 0) is 17.6 Å². The Bertz CT molecular complexity index is 605. The van der Waals surface area contributed by atoms with Crippen LogP contribution in [0.4, 0.5) is 4.79 Å². The zero-order valence-corrected chi connectivity index (χ0v) is 10.3. The van der Waals surface area contributed by atoms with Crippen LogP contribution >= 0.6 is 0 Å². The highest BCUT2D eigenvalue weighted by atomic mass is 16.2. The predicted octanol–water partition coefficient (Wildman–Crippen LogP) is 0.989. The van der Waals surface area contributed by atoms with Gasteiger partial charge in [-0.05, 0) is 24.0 Å². The number of urea groups is 1. The van der Waals surface area contributed by atoms with Crippen molar-refractivity contribution in [1.29, 1.82) is 5.26 Å². The second kappa shape index (κ2) is 4.09. The number of amides is 3. The maximum Gasteiger partial charge on any atom is 0.325 e. The molecule has 5 nitrogen and oxygen atoms in total. The van der Waals surface area contributed by atoms with Gasteiger partial charge in [0, 0.05) is 6.42 Å². The number of rotatable bonds is 1. The molecule has 96 valence electrons. The van der Waals surface area contributed by atoms with Crippen LogP contribution in [0.15, 0.2) is 24.3 Å². The number of hydrogen-bond acceptors (Lipinski definition) is 3. The number of benzene rings is 1. The molecule has 0 bridgehead atoms. The first kappa shape index (κ1) is 11.7. The van der Waals surface area contributed by atoms with Gasteiger partial charge in [0.2, 0.25) is 0 Å². The lowest BCUT2D eigenvalue weighted by Crippen LogP contribution is -2.51. The number of aryl methyl sites for hydroxylation is 1. The van der Waals surface area contributed by atoms with Gasteiger partial charge in [0.15, 0.2) is 0 Å². The van der Waals surface area contributed by atoms with E-state index in [0.29, 0.717) is 12.8 Å². The normalized spacial score (nSPS) is 25.1. The van der Waals surface area contributed by atoms with Crippen LogP contribution < -0.4 is 5.32 Å². The van der Waals surface area contributed by atoms with Crippen molar-refractivity contribution in [1.82, 2.24) is 10.2 Å². The Kier molecular flexibility index (Phi) is 2.53. The van der Waals surface area contributed by atoms with E-state index in [1.54, 1.807) is 0 Å².